The number of hydrogen-bond acceptors (Lipinski definition) is 6. The second-order valence-corrected chi connectivity index (χ2v) is 10.0. The molecule has 0 atom stereocenters. The van der Waals surface area contributed by atoms with E-state index in [1.54, 1.807) is 19.2 Å². The molecule has 1 aliphatic rings. The third-order valence-electron chi connectivity index (χ3n) is 5.03. The smallest absolute Gasteiger partial charge is 0.243 e. The van der Waals surface area contributed by atoms with Gasteiger partial charge in [-0.25, -0.2) is 8.42 Å². The van der Waals surface area contributed by atoms with Crippen LogP contribution >= 0.6 is 22.6 Å². The molecule has 9 heteroatoms. The van der Waals surface area contributed by atoms with Gasteiger partial charge in [-0.2, -0.15) is 4.31 Å². The predicted octanol–water partition coefficient (Wildman–Crippen LogP) is 3.27. The molecule has 0 saturated carbocycles. The van der Waals surface area contributed by atoms with Crippen LogP contribution in [0.1, 0.15) is 0 Å². The van der Waals surface area contributed by atoms with Gasteiger partial charge in [0.25, 0.3) is 0 Å². The summed E-state index contributed by atoms with van der Waals surface area (Å²) in [7, 11) is -1.85. The largest absolute Gasteiger partial charge is 0.497 e. The molecule has 0 unspecified atom stereocenters. The maximum absolute atomic E-state index is 12.9. The van der Waals surface area contributed by atoms with Gasteiger partial charge in [-0.05, 0) is 71.1 Å². The average Bonchev–Trinajstić information content (AvgIpc) is 2.79. The number of rotatable bonds is 5. The molecule has 2 heterocycles. The van der Waals surface area contributed by atoms with Gasteiger partial charge in [-0.3, -0.25) is 0 Å². The van der Waals surface area contributed by atoms with E-state index >= 15 is 0 Å². The van der Waals surface area contributed by atoms with Gasteiger partial charge < -0.3 is 9.64 Å². The molecule has 0 amide bonds. The molecule has 1 saturated heterocycles. The molecule has 156 valence electrons. The number of nitrogens with zero attached hydrogens (tertiary/aromatic N) is 4. The predicted molar refractivity (Wildman–Crippen MR) is 124 cm³/mol. The van der Waals surface area contributed by atoms with Crippen LogP contribution < -0.4 is 9.64 Å². The SMILES string of the molecule is COc1cccc(-c2ccc(N3CCN(S(=O)(=O)c4ccc(I)cc4)CC3)nn2)c1. The highest BCUT2D eigenvalue weighted by Crippen LogP contribution is 2.24. The van der Waals surface area contributed by atoms with Gasteiger partial charge in [0.15, 0.2) is 5.82 Å². The normalized spacial score (nSPS) is 15.2. The fourth-order valence-electron chi connectivity index (χ4n) is 3.34. The highest BCUT2D eigenvalue weighted by molar-refractivity contribution is 14.1. The summed E-state index contributed by atoms with van der Waals surface area (Å²) in [5.41, 5.74) is 1.69. The molecule has 0 aliphatic carbocycles. The van der Waals surface area contributed by atoms with Gasteiger partial charge in [0.1, 0.15) is 5.75 Å². The number of ether oxygens (including phenoxy) is 1. The Bertz CT molecular complexity index is 1110. The lowest BCUT2D eigenvalue weighted by atomic mass is 10.1. The van der Waals surface area contributed by atoms with Crippen molar-refractivity contribution in [3.05, 3.63) is 64.2 Å². The number of methoxy groups -OCH3 is 1. The van der Waals surface area contributed by atoms with E-state index in [0.29, 0.717) is 31.1 Å². The Labute approximate surface area is 189 Å². The first-order valence-corrected chi connectivity index (χ1v) is 12.0. The first-order valence-electron chi connectivity index (χ1n) is 9.46. The Morgan fingerprint density at radius 2 is 1.67 bits per heavy atom. The second kappa shape index (κ2) is 8.86. The number of sulfonamides is 1. The standard InChI is InChI=1S/C21H21IN4O3S/c1-29-18-4-2-3-16(15-18)20-9-10-21(24-23-20)25-11-13-26(14-12-25)30(27,28)19-7-5-17(22)6-8-19/h2-10,15H,11-14H2,1H3. The van der Waals surface area contributed by atoms with E-state index < -0.39 is 10.0 Å². The summed E-state index contributed by atoms with van der Waals surface area (Å²) in [6.45, 7) is 1.95. The summed E-state index contributed by atoms with van der Waals surface area (Å²) >= 11 is 2.16. The van der Waals surface area contributed by atoms with Crippen LogP contribution in [0, 0.1) is 3.57 Å². The van der Waals surface area contributed by atoms with Crippen LogP contribution in [0.4, 0.5) is 5.82 Å². The van der Waals surface area contributed by atoms with Crippen molar-refractivity contribution in [1.29, 1.82) is 0 Å². The van der Waals surface area contributed by atoms with Crippen LogP contribution in [-0.4, -0.2) is 56.2 Å². The van der Waals surface area contributed by atoms with E-state index in [1.807, 2.05) is 48.5 Å². The van der Waals surface area contributed by atoms with Crippen LogP contribution in [0.15, 0.2) is 65.6 Å². The Hall–Kier alpha value is -2.24. The average molecular weight is 536 g/mol. The molecule has 3 aromatic rings. The molecular weight excluding hydrogens is 515 g/mol. The lowest BCUT2D eigenvalue weighted by molar-refractivity contribution is 0.383. The molecule has 1 aliphatic heterocycles. The first kappa shape index (κ1) is 21.0. The Balaban J connectivity index is 1.43. The van der Waals surface area contributed by atoms with Crippen LogP contribution in [0.2, 0.25) is 0 Å². The molecule has 30 heavy (non-hydrogen) atoms. The summed E-state index contributed by atoms with van der Waals surface area (Å²) in [6.07, 6.45) is 0. The number of hydrogen-bond donors (Lipinski definition) is 0. The second-order valence-electron chi connectivity index (χ2n) is 6.85. The minimum absolute atomic E-state index is 0.332. The molecule has 2 aromatic carbocycles. The van der Waals surface area contributed by atoms with Crippen molar-refractivity contribution in [3.63, 3.8) is 0 Å². The van der Waals surface area contributed by atoms with Crippen molar-refractivity contribution in [2.75, 3.05) is 38.2 Å². The molecule has 1 aromatic heterocycles. The van der Waals surface area contributed by atoms with Crippen molar-refractivity contribution >= 4 is 38.4 Å². The first-order chi connectivity index (χ1) is 14.5. The van der Waals surface area contributed by atoms with E-state index in [0.717, 1.165) is 26.4 Å². The van der Waals surface area contributed by atoms with Crippen LogP contribution in [0.3, 0.4) is 0 Å². The van der Waals surface area contributed by atoms with Gasteiger partial charge in [0, 0.05) is 35.3 Å². The Morgan fingerprint density at radius 3 is 2.30 bits per heavy atom. The maximum atomic E-state index is 12.9. The third kappa shape index (κ3) is 4.42. The molecule has 7 nitrogen and oxygen atoms in total. The van der Waals surface area contributed by atoms with Gasteiger partial charge in [-0.15, -0.1) is 10.2 Å². The fourth-order valence-corrected chi connectivity index (χ4v) is 5.13. The monoisotopic (exact) mass is 536 g/mol. The van der Waals surface area contributed by atoms with Gasteiger partial charge in [-0.1, -0.05) is 12.1 Å². The number of aromatic nitrogens is 2. The Kier molecular flexibility index (Phi) is 6.21. The van der Waals surface area contributed by atoms with Gasteiger partial charge in [0.05, 0.1) is 17.7 Å². The number of halogens is 1. The molecule has 0 bridgehead atoms. The lowest BCUT2D eigenvalue weighted by Crippen LogP contribution is -2.49. The molecule has 4 rings (SSSR count). The van der Waals surface area contributed by atoms with Crippen molar-refractivity contribution in [2.45, 2.75) is 4.90 Å². The summed E-state index contributed by atoms with van der Waals surface area (Å²) in [5.74, 6) is 1.51. The molecule has 0 spiro atoms. The van der Waals surface area contributed by atoms with Crippen molar-refractivity contribution in [3.8, 4) is 17.0 Å². The van der Waals surface area contributed by atoms with Crippen LogP contribution in [-0.2, 0) is 10.0 Å². The van der Waals surface area contributed by atoms with Crippen LogP contribution in [0.25, 0.3) is 11.3 Å². The topological polar surface area (TPSA) is 75.6 Å². The molecule has 1 fully saturated rings. The number of benzene rings is 2. The third-order valence-corrected chi connectivity index (χ3v) is 7.66. The summed E-state index contributed by atoms with van der Waals surface area (Å²) in [6, 6.07) is 18.5. The fraction of sp³-hybridized carbons (Fsp3) is 0.238. The quantitative estimate of drug-likeness (QED) is 0.467. The minimum atomic E-state index is -3.48. The minimum Gasteiger partial charge on any atom is -0.497 e. The maximum Gasteiger partial charge on any atom is 0.243 e. The Morgan fingerprint density at radius 1 is 0.933 bits per heavy atom. The zero-order valence-electron chi connectivity index (χ0n) is 16.4. The van der Waals surface area contributed by atoms with Crippen molar-refractivity contribution < 1.29 is 13.2 Å². The molecular formula is C21H21IN4O3S. The van der Waals surface area contributed by atoms with Crippen molar-refractivity contribution in [1.82, 2.24) is 14.5 Å². The van der Waals surface area contributed by atoms with E-state index in [9.17, 15) is 8.42 Å². The summed E-state index contributed by atoms with van der Waals surface area (Å²) in [4.78, 5) is 2.39. The highest BCUT2D eigenvalue weighted by Gasteiger charge is 2.29. The van der Waals surface area contributed by atoms with Gasteiger partial charge >= 0.3 is 0 Å². The number of piperazine rings is 1. The van der Waals surface area contributed by atoms with Crippen LogP contribution in [0.5, 0.6) is 5.75 Å². The lowest BCUT2D eigenvalue weighted by Gasteiger charge is -2.34. The van der Waals surface area contributed by atoms with E-state index in [4.69, 9.17) is 4.74 Å². The molecule has 0 radical (unpaired) electrons. The van der Waals surface area contributed by atoms with Crippen molar-refractivity contribution in [2.24, 2.45) is 0 Å². The summed E-state index contributed by atoms with van der Waals surface area (Å²) in [5, 5.41) is 8.70. The highest BCUT2D eigenvalue weighted by atomic mass is 127. The van der Waals surface area contributed by atoms with E-state index in [-0.39, 0.29) is 0 Å². The van der Waals surface area contributed by atoms with E-state index in [2.05, 4.69) is 37.7 Å². The zero-order valence-corrected chi connectivity index (χ0v) is 19.4. The zero-order chi connectivity index (χ0) is 21.1. The van der Waals surface area contributed by atoms with E-state index in [1.165, 1.54) is 4.31 Å². The van der Waals surface area contributed by atoms with Gasteiger partial charge in [0.2, 0.25) is 10.0 Å². The summed E-state index contributed by atoms with van der Waals surface area (Å²) < 4.78 is 33.5. The number of anilines is 1. The molecule has 0 N–H and O–H groups in total.